The highest BCUT2D eigenvalue weighted by Gasteiger charge is 1.96. The summed E-state index contributed by atoms with van der Waals surface area (Å²) in [7, 11) is 0. The van der Waals surface area contributed by atoms with E-state index in [-0.39, 0.29) is 0 Å². The van der Waals surface area contributed by atoms with Crippen LogP contribution in [0.4, 0.5) is 0 Å². The molecule has 0 radical (unpaired) electrons. The lowest BCUT2D eigenvalue weighted by Crippen LogP contribution is -1.93. The Morgan fingerprint density at radius 1 is 0.545 bits per heavy atom. The Morgan fingerprint density at radius 2 is 0.864 bits per heavy atom. The Balaban J connectivity index is 3.11. The molecule has 0 aliphatic carbocycles. The third-order valence-electron chi connectivity index (χ3n) is 3.69. The van der Waals surface area contributed by atoms with E-state index < -0.39 is 11.9 Å². The average Bonchev–Trinajstić information content (AvgIpc) is 2.46. The van der Waals surface area contributed by atoms with Crippen molar-refractivity contribution in [3.8, 4) is 0 Å². The second-order valence-electron chi connectivity index (χ2n) is 5.87. The summed E-state index contributed by atoms with van der Waals surface area (Å²) in [6.45, 7) is 0. The van der Waals surface area contributed by atoms with Gasteiger partial charge in [0.15, 0.2) is 0 Å². The van der Waals surface area contributed by atoms with E-state index in [1.54, 1.807) is 0 Å². The standard InChI is InChI=1S/C18H32O4/c19-17(20)15-13-11-9-7-5-3-1-2-4-6-8-10-12-14-16-18(21)22/h1,3H,2,4-16H2,(H,19,20)(H,21,22)/b3-1+. The molecular formula is C18H32O4. The van der Waals surface area contributed by atoms with Gasteiger partial charge in [0.05, 0.1) is 0 Å². The van der Waals surface area contributed by atoms with Crippen molar-refractivity contribution < 1.29 is 19.8 Å². The number of aliphatic carboxylic acids is 2. The first kappa shape index (κ1) is 20.7. The maximum Gasteiger partial charge on any atom is 0.303 e. The molecule has 0 aromatic rings. The molecule has 4 nitrogen and oxygen atoms in total. The van der Waals surface area contributed by atoms with E-state index in [9.17, 15) is 9.59 Å². The van der Waals surface area contributed by atoms with Crippen LogP contribution in [0.15, 0.2) is 12.2 Å². The van der Waals surface area contributed by atoms with Gasteiger partial charge in [0.25, 0.3) is 0 Å². The number of unbranched alkanes of at least 4 members (excludes halogenated alkanes) is 10. The minimum absolute atomic E-state index is 0.298. The third-order valence-corrected chi connectivity index (χ3v) is 3.69. The molecule has 4 heteroatoms. The van der Waals surface area contributed by atoms with Gasteiger partial charge in [-0.3, -0.25) is 9.59 Å². The number of carboxylic acids is 2. The molecule has 0 saturated carbocycles. The number of carbonyl (C=O) groups is 2. The molecular weight excluding hydrogens is 280 g/mol. The van der Waals surface area contributed by atoms with Gasteiger partial charge in [-0.15, -0.1) is 0 Å². The summed E-state index contributed by atoms with van der Waals surface area (Å²) in [5.74, 6) is -1.38. The zero-order valence-corrected chi connectivity index (χ0v) is 13.8. The monoisotopic (exact) mass is 312 g/mol. The zero-order valence-electron chi connectivity index (χ0n) is 13.8. The predicted octanol–water partition coefficient (Wildman–Crippen LogP) is 5.17. The molecule has 0 amide bonds. The van der Waals surface area contributed by atoms with Crippen LogP contribution in [0.5, 0.6) is 0 Å². The third kappa shape index (κ3) is 18.7. The molecule has 0 atom stereocenters. The second-order valence-corrected chi connectivity index (χ2v) is 5.87. The van der Waals surface area contributed by atoms with Crippen LogP contribution < -0.4 is 0 Å². The van der Waals surface area contributed by atoms with Crippen LogP contribution in [0.25, 0.3) is 0 Å². The molecule has 0 heterocycles. The van der Waals surface area contributed by atoms with Crippen molar-refractivity contribution in [1.29, 1.82) is 0 Å². The van der Waals surface area contributed by atoms with E-state index in [1.165, 1.54) is 19.3 Å². The number of allylic oxidation sites excluding steroid dienone is 2. The Kier molecular flexibility index (Phi) is 15.1. The smallest absolute Gasteiger partial charge is 0.303 e. The molecule has 22 heavy (non-hydrogen) atoms. The number of hydrogen-bond donors (Lipinski definition) is 2. The van der Waals surface area contributed by atoms with Gasteiger partial charge < -0.3 is 10.2 Å². The van der Waals surface area contributed by atoms with Gasteiger partial charge in [-0.1, -0.05) is 50.7 Å². The summed E-state index contributed by atoms with van der Waals surface area (Å²) in [6.07, 6.45) is 18.0. The SMILES string of the molecule is O=C(O)CCCCCC/C=C/CCCCCCCCC(=O)O. The van der Waals surface area contributed by atoms with E-state index >= 15 is 0 Å². The fraction of sp³-hybridized carbons (Fsp3) is 0.778. The molecule has 0 unspecified atom stereocenters. The minimum Gasteiger partial charge on any atom is -0.481 e. The Morgan fingerprint density at radius 3 is 1.23 bits per heavy atom. The lowest BCUT2D eigenvalue weighted by Gasteiger charge is -1.99. The van der Waals surface area contributed by atoms with E-state index in [2.05, 4.69) is 12.2 Å². The number of rotatable bonds is 16. The molecule has 0 saturated heterocycles. The molecule has 0 aromatic carbocycles. The molecule has 0 fully saturated rings. The van der Waals surface area contributed by atoms with Gasteiger partial charge in [-0.2, -0.15) is 0 Å². The van der Waals surface area contributed by atoms with E-state index in [0.29, 0.717) is 12.8 Å². The van der Waals surface area contributed by atoms with Crippen LogP contribution in [0.2, 0.25) is 0 Å². The van der Waals surface area contributed by atoms with Crippen molar-refractivity contribution in [2.24, 2.45) is 0 Å². The van der Waals surface area contributed by atoms with Gasteiger partial charge in [-0.05, 0) is 38.5 Å². The second kappa shape index (κ2) is 16.1. The summed E-state index contributed by atoms with van der Waals surface area (Å²) >= 11 is 0. The van der Waals surface area contributed by atoms with Crippen LogP contribution >= 0.6 is 0 Å². The van der Waals surface area contributed by atoms with E-state index in [0.717, 1.165) is 57.8 Å². The van der Waals surface area contributed by atoms with Gasteiger partial charge >= 0.3 is 11.9 Å². The fourth-order valence-corrected chi connectivity index (χ4v) is 2.37. The Hall–Kier alpha value is -1.32. The summed E-state index contributed by atoms with van der Waals surface area (Å²) in [5, 5.41) is 17.0. The molecule has 0 aliphatic heterocycles. The van der Waals surface area contributed by atoms with Crippen molar-refractivity contribution in [1.82, 2.24) is 0 Å². The normalized spacial score (nSPS) is 11.1. The molecule has 0 bridgehead atoms. The first-order valence-corrected chi connectivity index (χ1v) is 8.71. The van der Waals surface area contributed by atoms with Crippen LogP contribution in [-0.2, 0) is 9.59 Å². The number of hydrogen-bond acceptors (Lipinski definition) is 2. The van der Waals surface area contributed by atoms with Gasteiger partial charge in [0, 0.05) is 12.8 Å². The fourth-order valence-electron chi connectivity index (χ4n) is 2.37. The molecule has 2 N–H and O–H groups in total. The first-order valence-electron chi connectivity index (χ1n) is 8.71. The summed E-state index contributed by atoms with van der Waals surface area (Å²) in [4.78, 5) is 20.7. The maximum atomic E-state index is 10.3. The Labute approximate surface area is 134 Å². The van der Waals surface area contributed by atoms with Crippen molar-refractivity contribution in [2.75, 3.05) is 0 Å². The summed E-state index contributed by atoms with van der Waals surface area (Å²) < 4.78 is 0. The van der Waals surface area contributed by atoms with Crippen LogP contribution in [-0.4, -0.2) is 22.2 Å². The largest absolute Gasteiger partial charge is 0.481 e. The highest BCUT2D eigenvalue weighted by Crippen LogP contribution is 2.10. The maximum absolute atomic E-state index is 10.3. The lowest BCUT2D eigenvalue weighted by atomic mass is 10.1. The van der Waals surface area contributed by atoms with Crippen LogP contribution in [0.3, 0.4) is 0 Å². The quantitative estimate of drug-likeness (QED) is 0.304. The predicted molar refractivity (Wildman–Crippen MR) is 89.0 cm³/mol. The molecule has 0 spiro atoms. The highest BCUT2D eigenvalue weighted by atomic mass is 16.4. The molecule has 0 rings (SSSR count). The van der Waals surface area contributed by atoms with Gasteiger partial charge in [-0.25, -0.2) is 0 Å². The van der Waals surface area contributed by atoms with E-state index in [4.69, 9.17) is 10.2 Å². The minimum atomic E-state index is -0.693. The highest BCUT2D eigenvalue weighted by molar-refractivity contribution is 5.66. The van der Waals surface area contributed by atoms with Crippen LogP contribution in [0.1, 0.15) is 89.9 Å². The van der Waals surface area contributed by atoms with Crippen molar-refractivity contribution in [2.45, 2.75) is 89.9 Å². The van der Waals surface area contributed by atoms with Crippen molar-refractivity contribution >= 4 is 11.9 Å². The lowest BCUT2D eigenvalue weighted by molar-refractivity contribution is -0.138. The first-order chi connectivity index (χ1) is 10.6. The summed E-state index contributed by atoms with van der Waals surface area (Å²) in [6, 6.07) is 0. The van der Waals surface area contributed by atoms with Gasteiger partial charge in [0.1, 0.15) is 0 Å². The molecule has 0 aromatic heterocycles. The molecule has 0 aliphatic rings. The zero-order chi connectivity index (χ0) is 16.5. The van der Waals surface area contributed by atoms with E-state index in [1.807, 2.05) is 0 Å². The number of carboxylic acid groups (broad SMARTS) is 2. The Bertz CT molecular complexity index is 310. The van der Waals surface area contributed by atoms with Crippen LogP contribution in [0, 0.1) is 0 Å². The summed E-state index contributed by atoms with van der Waals surface area (Å²) in [5.41, 5.74) is 0. The molecule has 128 valence electrons. The topological polar surface area (TPSA) is 74.6 Å². The van der Waals surface area contributed by atoms with Crippen molar-refractivity contribution in [3.63, 3.8) is 0 Å². The average molecular weight is 312 g/mol. The van der Waals surface area contributed by atoms with Gasteiger partial charge in [0.2, 0.25) is 0 Å². The van der Waals surface area contributed by atoms with Crippen molar-refractivity contribution in [3.05, 3.63) is 12.2 Å².